The molecule has 0 saturated heterocycles. The monoisotopic (exact) mass is 194 g/mol. The van der Waals surface area contributed by atoms with Gasteiger partial charge in [0.05, 0.1) is 0 Å². The molecule has 0 amide bonds. The second kappa shape index (κ2) is 3.96. The quantitative estimate of drug-likeness (QED) is 0.715. The number of halogens is 1. The van der Waals surface area contributed by atoms with E-state index in [9.17, 15) is 4.39 Å². The first-order valence-electron chi connectivity index (χ1n) is 5.02. The van der Waals surface area contributed by atoms with Crippen molar-refractivity contribution in [2.45, 2.75) is 12.8 Å². The van der Waals surface area contributed by atoms with E-state index in [0.717, 1.165) is 30.6 Å². The predicted molar refractivity (Wildman–Crippen MR) is 55.8 cm³/mol. The number of hydrogen-bond acceptors (Lipinski definition) is 2. The summed E-state index contributed by atoms with van der Waals surface area (Å²) in [4.78, 5) is 0. The lowest BCUT2D eigenvalue weighted by atomic mass is 9.97. The maximum absolute atomic E-state index is 13.0. The molecule has 0 spiro atoms. The second-order valence-corrected chi connectivity index (χ2v) is 3.82. The molecule has 3 N–H and O–H groups in total. The van der Waals surface area contributed by atoms with Gasteiger partial charge in [0.15, 0.2) is 0 Å². The fourth-order valence-corrected chi connectivity index (χ4v) is 1.93. The number of hydrogen-bond donors (Lipinski definition) is 2. The van der Waals surface area contributed by atoms with Crippen LogP contribution in [-0.2, 0) is 6.42 Å². The van der Waals surface area contributed by atoms with Gasteiger partial charge in [-0.25, -0.2) is 4.39 Å². The molecule has 2 nitrogen and oxygen atoms in total. The van der Waals surface area contributed by atoms with Crippen LogP contribution in [0.3, 0.4) is 0 Å². The molecular weight excluding hydrogens is 179 g/mol. The number of nitrogens with one attached hydrogen (secondary N) is 1. The van der Waals surface area contributed by atoms with Gasteiger partial charge < -0.3 is 11.1 Å². The normalized spacial score (nSPS) is 20.9. The van der Waals surface area contributed by atoms with Crippen molar-refractivity contribution in [3.63, 3.8) is 0 Å². The van der Waals surface area contributed by atoms with Crippen molar-refractivity contribution in [2.24, 2.45) is 11.7 Å². The summed E-state index contributed by atoms with van der Waals surface area (Å²) >= 11 is 0. The molecular formula is C11H15FN2. The topological polar surface area (TPSA) is 38.0 Å². The highest BCUT2D eigenvalue weighted by atomic mass is 19.1. The van der Waals surface area contributed by atoms with Gasteiger partial charge in [-0.05, 0) is 49.1 Å². The third-order valence-corrected chi connectivity index (χ3v) is 2.78. The number of benzene rings is 1. The largest absolute Gasteiger partial charge is 0.385 e. The van der Waals surface area contributed by atoms with Crippen LogP contribution in [0.5, 0.6) is 0 Å². The van der Waals surface area contributed by atoms with Crippen molar-refractivity contribution in [1.82, 2.24) is 0 Å². The fraction of sp³-hybridized carbons (Fsp3) is 0.455. The van der Waals surface area contributed by atoms with Crippen molar-refractivity contribution in [1.29, 1.82) is 0 Å². The van der Waals surface area contributed by atoms with E-state index < -0.39 is 0 Å². The summed E-state index contributed by atoms with van der Waals surface area (Å²) in [5.74, 6) is 0.314. The van der Waals surface area contributed by atoms with E-state index in [1.807, 2.05) is 6.07 Å². The first-order chi connectivity index (χ1) is 6.79. The Hall–Kier alpha value is -1.09. The molecule has 0 aromatic heterocycles. The van der Waals surface area contributed by atoms with Gasteiger partial charge in [-0.15, -0.1) is 0 Å². The van der Waals surface area contributed by atoms with Crippen LogP contribution >= 0.6 is 0 Å². The minimum absolute atomic E-state index is 0.164. The Morgan fingerprint density at radius 1 is 1.50 bits per heavy atom. The molecule has 1 aromatic carbocycles. The lowest BCUT2D eigenvalue weighted by Crippen LogP contribution is -2.17. The fourth-order valence-electron chi connectivity index (χ4n) is 1.93. The number of rotatable bonds is 1. The van der Waals surface area contributed by atoms with Crippen LogP contribution < -0.4 is 11.1 Å². The number of nitrogens with two attached hydrogens (primary N) is 1. The molecule has 0 saturated carbocycles. The molecule has 14 heavy (non-hydrogen) atoms. The summed E-state index contributed by atoms with van der Waals surface area (Å²) in [6.07, 6.45) is 1.95. The van der Waals surface area contributed by atoms with Crippen molar-refractivity contribution in [3.8, 4) is 0 Å². The van der Waals surface area contributed by atoms with E-state index in [1.54, 1.807) is 6.07 Å². The highest BCUT2D eigenvalue weighted by molar-refractivity contribution is 5.52. The van der Waals surface area contributed by atoms with E-state index >= 15 is 0 Å². The molecule has 0 radical (unpaired) electrons. The van der Waals surface area contributed by atoms with Gasteiger partial charge in [0.25, 0.3) is 0 Å². The smallest absolute Gasteiger partial charge is 0.123 e. The van der Waals surface area contributed by atoms with Crippen LogP contribution in [0.4, 0.5) is 10.1 Å². The van der Waals surface area contributed by atoms with E-state index in [4.69, 9.17) is 5.73 Å². The molecule has 1 aliphatic heterocycles. The average Bonchev–Trinajstić information content (AvgIpc) is 2.38. The summed E-state index contributed by atoms with van der Waals surface area (Å²) in [5.41, 5.74) is 7.76. The Labute approximate surface area is 83.3 Å². The standard InChI is InChI=1S/C11H15FN2/c12-10-1-2-11-9(6-10)5-8(7-13)3-4-14-11/h1-2,6,8,14H,3-5,7,13H2. The maximum Gasteiger partial charge on any atom is 0.123 e. The van der Waals surface area contributed by atoms with Gasteiger partial charge in [-0.3, -0.25) is 0 Å². The molecule has 0 aliphatic carbocycles. The maximum atomic E-state index is 13.0. The molecule has 1 atom stereocenters. The average molecular weight is 194 g/mol. The lowest BCUT2D eigenvalue weighted by molar-refractivity contribution is 0.515. The van der Waals surface area contributed by atoms with Gasteiger partial charge in [0, 0.05) is 12.2 Å². The summed E-state index contributed by atoms with van der Waals surface area (Å²) in [5, 5.41) is 3.29. The predicted octanol–water partition coefficient (Wildman–Crippen LogP) is 1.76. The third-order valence-electron chi connectivity index (χ3n) is 2.78. The molecule has 1 aromatic rings. The van der Waals surface area contributed by atoms with E-state index in [2.05, 4.69) is 5.32 Å². The molecule has 76 valence electrons. The Morgan fingerprint density at radius 3 is 3.14 bits per heavy atom. The zero-order valence-corrected chi connectivity index (χ0v) is 8.09. The second-order valence-electron chi connectivity index (χ2n) is 3.82. The van der Waals surface area contributed by atoms with Crippen molar-refractivity contribution >= 4 is 5.69 Å². The first kappa shape index (κ1) is 9.46. The Morgan fingerprint density at radius 2 is 2.36 bits per heavy atom. The first-order valence-corrected chi connectivity index (χ1v) is 5.02. The summed E-state index contributed by atoms with van der Waals surface area (Å²) in [6, 6.07) is 4.91. The minimum Gasteiger partial charge on any atom is -0.385 e. The third kappa shape index (κ3) is 1.87. The minimum atomic E-state index is -0.164. The number of fused-ring (bicyclic) bond motifs is 1. The molecule has 1 heterocycles. The molecule has 2 rings (SSSR count). The van der Waals surface area contributed by atoms with Crippen LogP contribution in [0.25, 0.3) is 0 Å². The Bertz CT molecular complexity index is 325. The van der Waals surface area contributed by atoms with Crippen LogP contribution in [0.15, 0.2) is 18.2 Å². The number of anilines is 1. The van der Waals surface area contributed by atoms with Crippen LogP contribution in [-0.4, -0.2) is 13.1 Å². The molecule has 0 fully saturated rings. The van der Waals surface area contributed by atoms with Crippen molar-refractivity contribution in [3.05, 3.63) is 29.6 Å². The highest BCUT2D eigenvalue weighted by Gasteiger charge is 2.15. The van der Waals surface area contributed by atoms with E-state index in [0.29, 0.717) is 12.5 Å². The van der Waals surface area contributed by atoms with Gasteiger partial charge in [-0.2, -0.15) is 0 Å². The summed E-state index contributed by atoms with van der Waals surface area (Å²) in [7, 11) is 0. The van der Waals surface area contributed by atoms with Gasteiger partial charge in [0.2, 0.25) is 0 Å². The Balaban J connectivity index is 2.28. The lowest BCUT2D eigenvalue weighted by Gasteiger charge is -2.10. The molecule has 1 aliphatic rings. The zero-order chi connectivity index (χ0) is 9.97. The SMILES string of the molecule is NCC1CCNc2ccc(F)cc2C1. The molecule has 3 heteroatoms. The van der Waals surface area contributed by atoms with Crippen LogP contribution in [0, 0.1) is 11.7 Å². The van der Waals surface area contributed by atoms with E-state index in [1.165, 1.54) is 6.07 Å². The zero-order valence-electron chi connectivity index (χ0n) is 8.09. The summed E-state index contributed by atoms with van der Waals surface area (Å²) in [6.45, 7) is 1.61. The molecule has 1 unspecified atom stereocenters. The summed E-state index contributed by atoms with van der Waals surface area (Å²) < 4.78 is 13.0. The highest BCUT2D eigenvalue weighted by Crippen LogP contribution is 2.24. The molecule has 0 bridgehead atoms. The Kier molecular flexibility index (Phi) is 2.68. The van der Waals surface area contributed by atoms with Crippen LogP contribution in [0.2, 0.25) is 0 Å². The van der Waals surface area contributed by atoms with E-state index in [-0.39, 0.29) is 5.82 Å². The van der Waals surface area contributed by atoms with Crippen molar-refractivity contribution in [2.75, 3.05) is 18.4 Å². The van der Waals surface area contributed by atoms with Crippen molar-refractivity contribution < 1.29 is 4.39 Å². The van der Waals surface area contributed by atoms with Gasteiger partial charge >= 0.3 is 0 Å². The van der Waals surface area contributed by atoms with Gasteiger partial charge in [-0.1, -0.05) is 0 Å². The van der Waals surface area contributed by atoms with Gasteiger partial charge in [0.1, 0.15) is 5.82 Å². The van der Waals surface area contributed by atoms with Crippen LogP contribution in [0.1, 0.15) is 12.0 Å².